The Hall–Kier alpha value is -1.91. The predicted octanol–water partition coefficient (Wildman–Crippen LogP) is 3.75. The fourth-order valence-electron chi connectivity index (χ4n) is 1.65. The average molecular weight is 290 g/mol. The second-order valence-electron chi connectivity index (χ2n) is 3.84. The van der Waals surface area contributed by atoms with Gasteiger partial charge in [0.1, 0.15) is 0 Å². The van der Waals surface area contributed by atoms with Crippen LogP contribution in [0.25, 0.3) is 6.08 Å². The topological polar surface area (TPSA) is 38.7 Å². The molecule has 19 heavy (non-hydrogen) atoms. The molecule has 0 amide bonds. The summed E-state index contributed by atoms with van der Waals surface area (Å²) in [6.45, 7) is 0. The van der Waals surface area contributed by atoms with Crippen molar-refractivity contribution in [3.8, 4) is 0 Å². The largest absolute Gasteiger partial charge is 0.402 e. The summed E-state index contributed by atoms with van der Waals surface area (Å²) in [5.74, 6) is -0.108. The van der Waals surface area contributed by atoms with Crippen molar-refractivity contribution >= 4 is 40.9 Å². The molecule has 0 bridgehead atoms. The second-order valence-corrected chi connectivity index (χ2v) is 5.59. The van der Waals surface area contributed by atoms with Crippen molar-refractivity contribution < 1.29 is 9.53 Å². The van der Waals surface area contributed by atoms with Crippen LogP contribution in [-0.4, -0.2) is 11.9 Å². The molecule has 0 N–H and O–H groups in total. The first kappa shape index (κ1) is 12.1. The van der Waals surface area contributed by atoms with Gasteiger partial charge in [-0.25, -0.2) is 9.79 Å². The number of rotatable bonds is 2. The molecule has 1 aromatic heterocycles. The maximum Gasteiger partial charge on any atom is 0.363 e. The highest BCUT2D eigenvalue weighted by molar-refractivity contribution is 7.17. The number of thiophene rings is 1. The molecule has 0 atom stereocenters. The highest BCUT2D eigenvalue weighted by Crippen LogP contribution is 2.25. The van der Waals surface area contributed by atoms with Crippen molar-refractivity contribution in [1.29, 1.82) is 0 Å². The Balaban J connectivity index is 1.94. The molecule has 0 spiro atoms. The van der Waals surface area contributed by atoms with E-state index in [9.17, 15) is 4.79 Å². The van der Waals surface area contributed by atoms with Crippen LogP contribution in [0.3, 0.4) is 0 Å². The Bertz CT molecular complexity index is 688. The van der Waals surface area contributed by atoms with E-state index < -0.39 is 5.97 Å². The van der Waals surface area contributed by atoms with Crippen molar-refractivity contribution in [3.05, 3.63) is 62.9 Å². The summed E-state index contributed by atoms with van der Waals surface area (Å²) in [7, 11) is 0. The van der Waals surface area contributed by atoms with Gasteiger partial charge in [0.05, 0.1) is 4.34 Å². The zero-order valence-electron chi connectivity index (χ0n) is 9.67. The normalized spacial score (nSPS) is 16.6. The molecule has 2 heterocycles. The standard InChI is InChI=1S/C14H8ClNO2S/c15-12-7-6-10(19-12)8-11-14(17)18-13(16-11)9-4-2-1-3-5-9/h1-8H. The number of carbonyl (C=O) groups excluding carboxylic acids is 1. The van der Waals surface area contributed by atoms with Gasteiger partial charge in [-0.15, -0.1) is 11.3 Å². The number of ether oxygens (including phenoxy) is 1. The van der Waals surface area contributed by atoms with E-state index in [0.717, 1.165) is 10.4 Å². The lowest BCUT2D eigenvalue weighted by Gasteiger charge is -1.97. The van der Waals surface area contributed by atoms with E-state index in [1.165, 1.54) is 11.3 Å². The molecule has 94 valence electrons. The molecular weight excluding hydrogens is 282 g/mol. The Morgan fingerprint density at radius 3 is 2.63 bits per heavy atom. The molecule has 0 saturated carbocycles. The fraction of sp³-hybridized carbons (Fsp3) is 0. The summed E-state index contributed by atoms with van der Waals surface area (Å²) >= 11 is 7.23. The van der Waals surface area contributed by atoms with E-state index >= 15 is 0 Å². The summed E-state index contributed by atoms with van der Waals surface area (Å²) in [6.07, 6.45) is 1.68. The lowest BCUT2D eigenvalue weighted by Crippen LogP contribution is -2.04. The van der Waals surface area contributed by atoms with Crippen LogP contribution in [-0.2, 0) is 9.53 Å². The summed E-state index contributed by atoms with van der Waals surface area (Å²) in [5.41, 5.74) is 1.07. The molecule has 2 aromatic rings. The number of benzene rings is 1. The number of esters is 1. The van der Waals surface area contributed by atoms with Gasteiger partial charge in [-0.1, -0.05) is 29.8 Å². The molecule has 1 aromatic carbocycles. The number of carbonyl (C=O) groups is 1. The third kappa shape index (κ3) is 2.59. The molecule has 5 heteroatoms. The fourth-order valence-corrected chi connectivity index (χ4v) is 2.65. The van der Waals surface area contributed by atoms with Gasteiger partial charge in [-0.3, -0.25) is 0 Å². The lowest BCUT2D eigenvalue weighted by atomic mass is 10.2. The summed E-state index contributed by atoms with van der Waals surface area (Å²) in [6, 6.07) is 12.9. The minimum Gasteiger partial charge on any atom is -0.402 e. The number of hydrogen-bond acceptors (Lipinski definition) is 4. The van der Waals surface area contributed by atoms with Crippen LogP contribution in [0.4, 0.5) is 0 Å². The second kappa shape index (κ2) is 4.99. The first-order valence-corrected chi connectivity index (χ1v) is 6.75. The Morgan fingerprint density at radius 2 is 1.95 bits per heavy atom. The van der Waals surface area contributed by atoms with E-state index in [4.69, 9.17) is 16.3 Å². The van der Waals surface area contributed by atoms with Gasteiger partial charge < -0.3 is 4.74 Å². The SMILES string of the molecule is O=C1OC(c2ccccc2)=NC1=Cc1ccc(Cl)s1. The van der Waals surface area contributed by atoms with Crippen molar-refractivity contribution in [2.24, 2.45) is 4.99 Å². The van der Waals surface area contributed by atoms with Crippen LogP contribution < -0.4 is 0 Å². The van der Waals surface area contributed by atoms with Crippen LogP contribution in [0.5, 0.6) is 0 Å². The number of nitrogens with zero attached hydrogens (tertiary/aromatic N) is 1. The van der Waals surface area contributed by atoms with Gasteiger partial charge in [0.2, 0.25) is 5.90 Å². The highest BCUT2D eigenvalue weighted by atomic mass is 35.5. The predicted molar refractivity (Wildman–Crippen MR) is 76.4 cm³/mol. The average Bonchev–Trinajstić information content (AvgIpc) is 2.98. The monoisotopic (exact) mass is 289 g/mol. The third-order valence-electron chi connectivity index (χ3n) is 2.51. The van der Waals surface area contributed by atoms with Crippen LogP contribution in [0.15, 0.2) is 53.2 Å². The van der Waals surface area contributed by atoms with Gasteiger partial charge in [-0.2, -0.15) is 0 Å². The number of aliphatic imine (C=N–C) groups is 1. The molecule has 1 aliphatic heterocycles. The minimum atomic E-state index is -0.441. The van der Waals surface area contributed by atoms with E-state index in [1.807, 2.05) is 36.4 Å². The Labute approximate surface area is 118 Å². The van der Waals surface area contributed by atoms with Crippen molar-refractivity contribution in [1.82, 2.24) is 0 Å². The molecule has 3 rings (SSSR count). The first-order valence-electron chi connectivity index (χ1n) is 5.56. The van der Waals surface area contributed by atoms with E-state index in [-0.39, 0.29) is 5.70 Å². The van der Waals surface area contributed by atoms with Gasteiger partial charge in [-0.05, 0) is 30.3 Å². The summed E-state index contributed by atoms with van der Waals surface area (Å²) < 4.78 is 5.83. The van der Waals surface area contributed by atoms with Crippen LogP contribution in [0, 0.1) is 0 Å². The number of cyclic esters (lactones) is 1. The molecular formula is C14H8ClNO2S. The maximum absolute atomic E-state index is 11.7. The molecule has 1 aliphatic rings. The smallest absolute Gasteiger partial charge is 0.363 e. The summed E-state index contributed by atoms with van der Waals surface area (Å²) in [4.78, 5) is 16.8. The van der Waals surface area contributed by atoms with Gasteiger partial charge in [0.25, 0.3) is 0 Å². The lowest BCUT2D eigenvalue weighted by molar-refractivity contribution is -0.129. The molecule has 0 aliphatic carbocycles. The zero-order valence-corrected chi connectivity index (χ0v) is 11.2. The number of hydrogen-bond donors (Lipinski definition) is 0. The van der Waals surface area contributed by atoms with Crippen molar-refractivity contribution in [2.45, 2.75) is 0 Å². The third-order valence-corrected chi connectivity index (χ3v) is 3.69. The molecule has 0 radical (unpaired) electrons. The Morgan fingerprint density at radius 1 is 1.16 bits per heavy atom. The van der Waals surface area contributed by atoms with Gasteiger partial charge >= 0.3 is 5.97 Å². The highest BCUT2D eigenvalue weighted by Gasteiger charge is 2.23. The maximum atomic E-state index is 11.7. The van der Waals surface area contributed by atoms with Crippen molar-refractivity contribution in [2.75, 3.05) is 0 Å². The molecule has 0 unspecified atom stereocenters. The zero-order chi connectivity index (χ0) is 13.2. The van der Waals surface area contributed by atoms with E-state index in [0.29, 0.717) is 10.2 Å². The van der Waals surface area contributed by atoms with Crippen LogP contribution in [0.1, 0.15) is 10.4 Å². The number of halogens is 1. The minimum absolute atomic E-state index is 0.289. The Kier molecular flexibility index (Phi) is 3.19. The summed E-state index contributed by atoms with van der Waals surface area (Å²) in [5, 5.41) is 0. The van der Waals surface area contributed by atoms with Crippen LogP contribution >= 0.6 is 22.9 Å². The van der Waals surface area contributed by atoms with Gasteiger partial charge in [0, 0.05) is 10.4 Å². The first-order chi connectivity index (χ1) is 9.22. The molecule has 0 fully saturated rings. The van der Waals surface area contributed by atoms with Crippen molar-refractivity contribution in [3.63, 3.8) is 0 Å². The van der Waals surface area contributed by atoms with E-state index in [2.05, 4.69) is 4.99 Å². The molecule has 0 saturated heterocycles. The van der Waals surface area contributed by atoms with Gasteiger partial charge in [0.15, 0.2) is 5.70 Å². The molecule has 3 nitrogen and oxygen atoms in total. The van der Waals surface area contributed by atoms with Crippen LogP contribution in [0.2, 0.25) is 4.34 Å². The van der Waals surface area contributed by atoms with E-state index in [1.54, 1.807) is 12.1 Å². The quantitative estimate of drug-likeness (QED) is 0.624.